The molecule has 0 radical (unpaired) electrons. The van der Waals surface area contributed by atoms with E-state index in [9.17, 15) is 14.4 Å². The van der Waals surface area contributed by atoms with E-state index in [0.29, 0.717) is 17.1 Å². The molecule has 2 aromatic carbocycles. The molecule has 0 saturated heterocycles. The minimum Gasteiger partial charge on any atom is -0.321 e. The third-order valence-corrected chi connectivity index (χ3v) is 6.25. The van der Waals surface area contributed by atoms with Crippen molar-refractivity contribution in [3.63, 3.8) is 0 Å². The fraction of sp³-hybridized carbons (Fsp3) is 0.0909. The van der Waals surface area contributed by atoms with Crippen molar-refractivity contribution >= 4 is 62.1 Å². The molecule has 156 valence electrons. The number of hydrogen-bond donors (Lipinski definition) is 2. The van der Waals surface area contributed by atoms with Gasteiger partial charge in [0.15, 0.2) is 4.96 Å². The number of thiazole rings is 1. The van der Waals surface area contributed by atoms with Gasteiger partial charge in [0.05, 0.1) is 0 Å². The second-order valence-electron chi connectivity index (χ2n) is 6.87. The van der Waals surface area contributed by atoms with Crippen molar-refractivity contribution in [1.82, 2.24) is 9.38 Å². The number of carbonyl (C=O) groups is 2. The van der Waals surface area contributed by atoms with Crippen LogP contribution in [-0.2, 0) is 0 Å². The lowest BCUT2D eigenvalue weighted by atomic mass is 10.2. The quantitative estimate of drug-likeness (QED) is 0.371. The summed E-state index contributed by atoms with van der Waals surface area (Å²) in [4.78, 5) is 43.8. The van der Waals surface area contributed by atoms with Crippen LogP contribution in [0.4, 0.5) is 11.4 Å². The molecule has 0 aliphatic heterocycles. The average Bonchev–Trinajstić information content (AvgIpc) is 3.11. The first-order valence-corrected chi connectivity index (χ1v) is 11.2. The molecule has 9 heteroatoms. The molecule has 4 rings (SSSR count). The number of hydrogen-bond acceptors (Lipinski definition) is 5. The van der Waals surface area contributed by atoms with Gasteiger partial charge in [0.1, 0.15) is 10.6 Å². The van der Waals surface area contributed by atoms with Crippen LogP contribution in [0.25, 0.3) is 4.96 Å². The highest BCUT2D eigenvalue weighted by molar-refractivity contribution is 14.1. The second-order valence-corrected chi connectivity index (χ2v) is 9.09. The molecule has 0 aliphatic carbocycles. The van der Waals surface area contributed by atoms with Gasteiger partial charge >= 0.3 is 0 Å². The van der Waals surface area contributed by atoms with Gasteiger partial charge in [-0.25, -0.2) is 9.38 Å². The highest BCUT2D eigenvalue weighted by Gasteiger charge is 2.26. The Hall–Kier alpha value is -3.05. The average molecular weight is 544 g/mol. The highest BCUT2D eigenvalue weighted by atomic mass is 127. The molecule has 0 spiro atoms. The maximum absolute atomic E-state index is 13.3. The fourth-order valence-electron chi connectivity index (χ4n) is 3.10. The van der Waals surface area contributed by atoms with Crippen molar-refractivity contribution in [2.45, 2.75) is 13.8 Å². The SMILES string of the molecule is Cc1cc(=O)n2c(C(=O)Nc3ccc(I)cc3C)c(C(=O)Nc3ccccc3)sc2n1. The third kappa shape index (κ3) is 4.37. The Morgan fingerprint density at radius 1 is 1.00 bits per heavy atom. The zero-order valence-corrected chi connectivity index (χ0v) is 19.6. The normalized spacial score (nSPS) is 10.8. The van der Waals surface area contributed by atoms with Crippen LogP contribution in [0.15, 0.2) is 59.4 Å². The standard InChI is InChI=1S/C22H17IN4O3S/c1-12-10-14(23)8-9-16(12)26-20(29)18-19(21(30)25-15-6-4-3-5-7-15)31-22-24-13(2)11-17(28)27(18)22/h3-11H,1-2H3,(H,25,30)(H,26,29). The molecule has 0 saturated carbocycles. The van der Waals surface area contributed by atoms with Gasteiger partial charge in [-0.2, -0.15) is 0 Å². The van der Waals surface area contributed by atoms with E-state index in [1.165, 1.54) is 10.5 Å². The summed E-state index contributed by atoms with van der Waals surface area (Å²) in [5, 5.41) is 5.61. The van der Waals surface area contributed by atoms with Crippen molar-refractivity contribution in [2.24, 2.45) is 0 Å². The summed E-state index contributed by atoms with van der Waals surface area (Å²) in [5.74, 6) is -1.04. The smallest absolute Gasteiger partial charge is 0.274 e. The van der Waals surface area contributed by atoms with E-state index in [1.807, 2.05) is 25.1 Å². The Balaban J connectivity index is 1.81. The van der Waals surface area contributed by atoms with Crippen LogP contribution in [-0.4, -0.2) is 21.2 Å². The number of amides is 2. The minimum absolute atomic E-state index is 0.0381. The lowest BCUT2D eigenvalue weighted by Crippen LogP contribution is -2.25. The van der Waals surface area contributed by atoms with E-state index >= 15 is 0 Å². The van der Waals surface area contributed by atoms with Crippen LogP contribution in [0, 0.1) is 17.4 Å². The van der Waals surface area contributed by atoms with Crippen LogP contribution >= 0.6 is 33.9 Å². The molecule has 2 heterocycles. The Morgan fingerprint density at radius 2 is 1.74 bits per heavy atom. The van der Waals surface area contributed by atoms with Gasteiger partial charge in [-0.3, -0.25) is 14.4 Å². The first kappa shape index (κ1) is 21.2. The van der Waals surface area contributed by atoms with Crippen LogP contribution in [0.1, 0.15) is 31.4 Å². The molecule has 4 aromatic rings. The summed E-state index contributed by atoms with van der Waals surface area (Å²) in [7, 11) is 0. The summed E-state index contributed by atoms with van der Waals surface area (Å²) in [6.45, 7) is 3.57. The molecular formula is C22H17IN4O3S. The molecular weight excluding hydrogens is 527 g/mol. The number of aromatic nitrogens is 2. The van der Waals surface area contributed by atoms with Crippen molar-refractivity contribution in [3.8, 4) is 0 Å². The molecule has 2 N–H and O–H groups in total. The summed E-state index contributed by atoms with van der Waals surface area (Å²) >= 11 is 3.19. The Labute approximate surface area is 195 Å². The second kappa shape index (κ2) is 8.60. The first-order chi connectivity index (χ1) is 14.8. The lowest BCUT2D eigenvalue weighted by Gasteiger charge is -2.10. The molecule has 7 nitrogen and oxygen atoms in total. The van der Waals surface area contributed by atoms with Gasteiger partial charge in [-0.15, -0.1) is 0 Å². The monoisotopic (exact) mass is 544 g/mol. The van der Waals surface area contributed by atoms with Gasteiger partial charge in [0.2, 0.25) is 0 Å². The summed E-state index contributed by atoms with van der Waals surface area (Å²) in [6, 6.07) is 15.8. The fourth-order valence-corrected chi connectivity index (χ4v) is 4.82. The molecule has 0 fully saturated rings. The van der Waals surface area contributed by atoms with Crippen LogP contribution in [0.2, 0.25) is 0 Å². The van der Waals surface area contributed by atoms with Gasteiger partial charge in [0.25, 0.3) is 17.4 Å². The van der Waals surface area contributed by atoms with Gasteiger partial charge in [-0.1, -0.05) is 29.5 Å². The molecule has 31 heavy (non-hydrogen) atoms. The van der Waals surface area contributed by atoms with E-state index in [0.717, 1.165) is 20.5 Å². The maximum atomic E-state index is 13.3. The number of para-hydroxylation sites is 1. The number of nitrogens with zero attached hydrogens (tertiary/aromatic N) is 2. The number of rotatable bonds is 4. The molecule has 2 aromatic heterocycles. The van der Waals surface area contributed by atoms with Crippen molar-refractivity contribution in [1.29, 1.82) is 0 Å². The van der Waals surface area contributed by atoms with Gasteiger partial charge in [0, 0.05) is 26.7 Å². The van der Waals surface area contributed by atoms with E-state index in [1.54, 1.807) is 37.3 Å². The minimum atomic E-state index is -0.554. The third-order valence-electron chi connectivity index (χ3n) is 4.54. The van der Waals surface area contributed by atoms with Crippen LogP contribution in [0.5, 0.6) is 0 Å². The first-order valence-electron chi connectivity index (χ1n) is 9.30. The lowest BCUT2D eigenvalue weighted by molar-refractivity contribution is 0.0989. The number of aryl methyl sites for hydroxylation is 2. The Morgan fingerprint density at radius 3 is 2.45 bits per heavy atom. The van der Waals surface area contributed by atoms with Crippen molar-refractivity contribution in [2.75, 3.05) is 10.6 Å². The van der Waals surface area contributed by atoms with E-state index in [-0.39, 0.29) is 15.5 Å². The number of anilines is 2. The van der Waals surface area contributed by atoms with Gasteiger partial charge in [-0.05, 0) is 72.3 Å². The van der Waals surface area contributed by atoms with Crippen LogP contribution < -0.4 is 16.2 Å². The van der Waals surface area contributed by atoms with Gasteiger partial charge < -0.3 is 10.6 Å². The predicted octanol–water partition coefficient (Wildman–Crippen LogP) is 4.48. The molecule has 0 unspecified atom stereocenters. The largest absolute Gasteiger partial charge is 0.321 e. The maximum Gasteiger partial charge on any atom is 0.274 e. The summed E-state index contributed by atoms with van der Waals surface area (Å²) < 4.78 is 2.22. The molecule has 0 aliphatic rings. The summed E-state index contributed by atoms with van der Waals surface area (Å²) in [6.07, 6.45) is 0. The highest BCUT2D eigenvalue weighted by Crippen LogP contribution is 2.25. The number of benzene rings is 2. The predicted molar refractivity (Wildman–Crippen MR) is 130 cm³/mol. The molecule has 0 bridgehead atoms. The number of nitrogens with one attached hydrogen (secondary N) is 2. The van der Waals surface area contributed by atoms with E-state index in [4.69, 9.17) is 0 Å². The Kier molecular flexibility index (Phi) is 5.88. The van der Waals surface area contributed by atoms with E-state index in [2.05, 4.69) is 38.2 Å². The Bertz CT molecular complexity index is 1380. The molecule has 0 atom stereocenters. The number of halogens is 1. The van der Waals surface area contributed by atoms with Crippen molar-refractivity contribution < 1.29 is 9.59 Å². The topological polar surface area (TPSA) is 92.6 Å². The van der Waals surface area contributed by atoms with Crippen molar-refractivity contribution in [3.05, 3.63) is 90.3 Å². The molecule has 2 amide bonds. The number of fused-ring (bicyclic) bond motifs is 1. The summed E-state index contributed by atoms with van der Waals surface area (Å²) in [5.41, 5.74) is 2.12. The zero-order valence-electron chi connectivity index (χ0n) is 16.6. The zero-order chi connectivity index (χ0) is 22.1. The van der Waals surface area contributed by atoms with E-state index < -0.39 is 17.4 Å². The number of carbonyl (C=O) groups excluding carboxylic acids is 2. The van der Waals surface area contributed by atoms with Crippen LogP contribution in [0.3, 0.4) is 0 Å².